The van der Waals surface area contributed by atoms with Crippen molar-refractivity contribution in [3.63, 3.8) is 0 Å². The number of esters is 1. The third kappa shape index (κ3) is 25.2. The largest absolute Gasteiger partial charge is 0.467 e. The van der Waals surface area contributed by atoms with Crippen LogP contribution in [0.25, 0.3) is 0 Å². The summed E-state index contributed by atoms with van der Waals surface area (Å²) in [5.74, 6) is -0.401. The average molecular weight is 441 g/mol. The summed E-state index contributed by atoms with van der Waals surface area (Å²) in [7, 11) is 1.32. The van der Waals surface area contributed by atoms with Gasteiger partial charge in [0.05, 0.1) is 106 Å². The highest BCUT2D eigenvalue weighted by atomic mass is 16.6. The Labute approximate surface area is 180 Å². The fraction of sp³-hybridized carbons (Fsp3) is 0.950. The Bertz CT molecular complexity index is 354. The maximum atomic E-state index is 10.8. The van der Waals surface area contributed by atoms with Gasteiger partial charge in [0.2, 0.25) is 0 Å². The molecular weight excluding hydrogens is 400 g/mol. The molecule has 0 unspecified atom stereocenters. The minimum atomic E-state index is -0.401. The van der Waals surface area contributed by atoms with Crippen molar-refractivity contribution in [3.8, 4) is 0 Å². The highest BCUT2D eigenvalue weighted by Crippen LogP contribution is 1.88. The van der Waals surface area contributed by atoms with Gasteiger partial charge in [0.15, 0.2) is 0 Å². The zero-order valence-electron chi connectivity index (χ0n) is 18.8. The zero-order chi connectivity index (χ0) is 22.1. The van der Waals surface area contributed by atoms with Gasteiger partial charge in [0.1, 0.15) is 6.61 Å². The van der Waals surface area contributed by atoms with E-state index in [-0.39, 0.29) is 12.7 Å². The van der Waals surface area contributed by atoms with Crippen LogP contribution in [0.5, 0.6) is 0 Å². The maximum absolute atomic E-state index is 10.8. The van der Waals surface area contributed by atoms with Crippen molar-refractivity contribution in [1.82, 2.24) is 0 Å². The van der Waals surface area contributed by atoms with Crippen LogP contribution in [0.3, 0.4) is 0 Å². The van der Waals surface area contributed by atoms with Gasteiger partial charge in [-0.2, -0.15) is 0 Å². The maximum Gasteiger partial charge on any atom is 0.331 e. The van der Waals surface area contributed by atoms with E-state index in [0.29, 0.717) is 92.5 Å². The van der Waals surface area contributed by atoms with E-state index in [9.17, 15) is 4.79 Å². The Morgan fingerprint density at radius 1 is 0.533 bits per heavy atom. The van der Waals surface area contributed by atoms with Crippen LogP contribution >= 0.6 is 0 Å². The molecule has 0 saturated heterocycles. The van der Waals surface area contributed by atoms with E-state index in [2.05, 4.69) is 4.74 Å². The molecule has 0 spiro atoms. The molecule has 0 aromatic rings. The van der Waals surface area contributed by atoms with Gasteiger partial charge in [0.25, 0.3) is 0 Å². The lowest BCUT2D eigenvalue weighted by Crippen LogP contribution is -2.16. The Kier molecular flexibility index (Phi) is 23.7. The van der Waals surface area contributed by atoms with E-state index >= 15 is 0 Å². The number of ether oxygens (including phenoxy) is 9. The van der Waals surface area contributed by atoms with Gasteiger partial charge in [-0.25, -0.2) is 4.79 Å². The zero-order valence-corrected chi connectivity index (χ0v) is 18.8. The third-order valence-corrected chi connectivity index (χ3v) is 3.36. The van der Waals surface area contributed by atoms with Crippen LogP contribution in [-0.2, 0) is 47.4 Å². The Morgan fingerprint density at radius 2 is 0.833 bits per heavy atom. The van der Waals surface area contributed by atoms with Crippen molar-refractivity contribution in [3.05, 3.63) is 0 Å². The van der Waals surface area contributed by atoms with E-state index in [1.165, 1.54) is 7.11 Å². The van der Waals surface area contributed by atoms with Gasteiger partial charge in [-0.1, -0.05) is 0 Å². The van der Waals surface area contributed by atoms with Gasteiger partial charge in [-0.05, 0) is 13.8 Å². The Morgan fingerprint density at radius 3 is 1.13 bits per heavy atom. The van der Waals surface area contributed by atoms with Crippen LogP contribution in [0.1, 0.15) is 13.8 Å². The van der Waals surface area contributed by atoms with Crippen LogP contribution in [0, 0.1) is 0 Å². The highest BCUT2D eigenvalue weighted by Gasteiger charge is 1.99. The first-order valence-electron chi connectivity index (χ1n) is 10.4. The summed E-state index contributed by atoms with van der Waals surface area (Å²) in [5.41, 5.74) is 0. The van der Waals surface area contributed by atoms with Crippen molar-refractivity contribution in [2.75, 3.05) is 106 Å². The van der Waals surface area contributed by atoms with Gasteiger partial charge in [-0.15, -0.1) is 0 Å². The Hall–Kier alpha value is -0.850. The molecule has 0 heterocycles. The molecule has 0 aromatic heterocycles. The van der Waals surface area contributed by atoms with Gasteiger partial charge in [-0.3, -0.25) is 0 Å². The molecule has 0 radical (unpaired) electrons. The lowest BCUT2D eigenvalue weighted by molar-refractivity contribution is -0.146. The summed E-state index contributed by atoms with van der Waals surface area (Å²) < 4.78 is 47.1. The summed E-state index contributed by atoms with van der Waals surface area (Å²) in [6.07, 6.45) is 0.233. The normalized spacial score (nSPS) is 11.3. The molecule has 0 saturated carbocycles. The van der Waals surface area contributed by atoms with E-state index in [0.717, 1.165) is 0 Å². The molecule has 0 aliphatic heterocycles. The topological polar surface area (TPSA) is 100 Å². The summed E-state index contributed by atoms with van der Waals surface area (Å²) in [6, 6.07) is 0. The molecule has 10 nitrogen and oxygen atoms in total. The Balaban J connectivity index is 3.03. The highest BCUT2D eigenvalue weighted by molar-refractivity contribution is 5.70. The van der Waals surface area contributed by atoms with Crippen molar-refractivity contribution < 1.29 is 47.4 Å². The molecule has 0 aromatic carbocycles. The van der Waals surface area contributed by atoms with Crippen molar-refractivity contribution in [2.24, 2.45) is 0 Å². The van der Waals surface area contributed by atoms with Crippen LogP contribution in [-0.4, -0.2) is 118 Å². The summed E-state index contributed by atoms with van der Waals surface area (Å²) >= 11 is 0. The molecule has 0 atom stereocenters. The van der Waals surface area contributed by atoms with Crippen molar-refractivity contribution in [2.45, 2.75) is 20.0 Å². The fourth-order valence-electron chi connectivity index (χ4n) is 1.88. The minimum absolute atomic E-state index is 0.0612. The van der Waals surface area contributed by atoms with Crippen LogP contribution in [0.2, 0.25) is 0 Å². The monoisotopic (exact) mass is 440 g/mol. The van der Waals surface area contributed by atoms with Gasteiger partial charge in [0, 0.05) is 0 Å². The number of rotatable bonds is 24. The second-order valence-electron chi connectivity index (χ2n) is 6.22. The second kappa shape index (κ2) is 24.4. The minimum Gasteiger partial charge on any atom is -0.467 e. The second-order valence-corrected chi connectivity index (χ2v) is 6.22. The number of hydrogen-bond acceptors (Lipinski definition) is 10. The first kappa shape index (κ1) is 29.1. The average Bonchev–Trinajstić information content (AvgIpc) is 2.73. The van der Waals surface area contributed by atoms with E-state index in [4.69, 9.17) is 37.9 Å². The van der Waals surface area contributed by atoms with Crippen LogP contribution in [0.15, 0.2) is 0 Å². The smallest absolute Gasteiger partial charge is 0.331 e. The summed E-state index contributed by atoms with van der Waals surface area (Å²) in [4.78, 5) is 10.8. The number of methoxy groups -OCH3 is 1. The molecule has 0 aliphatic carbocycles. The number of carbonyl (C=O) groups excluding carboxylic acids is 1. The lowest BCUT2D eigenvalue weighted by atomic mass is 10.5. The van der Waals surface area contributed by atoms with Crippen molar-refractivity contribution in [1.29, 1.82) is 0 Å². The molecule has 0 bridgehead atoms. The predicted octanol–water partition coefficient (Wildman–Crippen LogP) is 0.701. The molecular formula is C20H40O10. The van der Waals surface area contributed by atoms with E-state index in [1.807, 2.05) is 13.8 Å². The van der Waals surface area contributed by atoms with E-state index < -0.39 is 5.97 Å². The summed E-state index contributed by atoms with van der Waals surface area (Å²) in [6.45, 7) is 11.0. The van der Waals surface area contributed by atoms with E-state index in [1.54, 1.807) is 0 Å². The predicted molar refractivity (Wildman–Crippen MR) is 109 cm³/mol. The summed E-state index contributed by atoms with van der Waals surface area (Å²) in [5, 5.41) is 0. The molecule has 0 rings (SSSR count). The third-order valence-electron chi connectivity index (χ3n) is 3.36. The lowest BCUT2D eigenvalue weighted by Gasteiger charge is -2.09. The standard InChI is InChI=1S/C20H40O10/c1-19(2)30-17-16-28-13-12-26-9-8-24-5-4-23-6-7-25-10-11-27-14-15-29-18-20(21)22-3/h19H,4-18H2,1-3H3. The molecule has 10 heteroatoms. The molecule has 0 amide bonds. The molecule has 0 aliphatic rings. The molecule has 0 fully saturated rings. The van der Waals surface area contributed by atoms with Crippen molar-refractivity contribution >= 4 is 5.97 Å². The first-order valence-corrected chi connectivity index (χ1v) is 10.4. The SMILES string of the molecule is COC(=O)COCCOCCOCCOCCOCCOCCOCCOC(C)C. The molecule has 30 heavy (non-hydrogen) atoms. The first-order chi connectivity index (χ1) is 14.7. The van der Waals surface area contributed by atoms with Gasteiger partial charge >= 0.3 is 5.97 Å². The fourth-order valence-corrected chi connectivity index (χ4v) is 1.88. The number of hydrogen-bond donors (Lipinski definition) is 0. The molecule has 0 N–H and O–H groups in total. The van der Waals surface area contributed by atoms with Gasteiger partial charge < -0.3 is 42.6 Å². The molecule has 180 valence electrons. The van der Waals surface area contributed by atoms with Crippen LogP contribution < -0.4 is 0 Å². The quantitative estimate of drug-likeness (QED) is 0.157. The number of carbonyl (C=O) groups is 1. The van der Waals surface area contributed by atoms with Crippen LogP contribution in [0.4, 0.5) is 0 Å².